The number of nitrogens with zero attached hydrogens (tertiary/aromatic N) is 1. The highest BCUT2D eigenvalue weighted by molar-refractivity contribution is 6.74. The summed E-state index contributed by atoms with van der Waals surface area (Å²) in [4.78, 5) is 2.37. The van der Waals surface area contributed by atoms with E-state index in [1.54, 1.807) is 0 Å². The van der Waals surface area contributed by atoms with Crippen molar-refractivity contribution < 1.29 is 9.53 Å². The zero-order chi connectivity index (χ0) is 20.6. The molecule has 0 aliphatic heterocycles. The van der Waals surface area contributed by atoms with E-state index in [2.05, 4.69) is 87.3 Å². The number of rotatable bonds is 10. The van der Waals surface area contributed by atoms with E-state index >= 15 is 0 Å². The van der Waals surface area contributed by atoms with Crippen LogP contribution in [0.1, 0.15) is 38.3 Å². The van der Waals surface area contributed by atoms with Gasteiger partial charge in [-0.25, -0.2) is 0 Å². The largest absolute Gasteiger partial charge is 0.417 e. The van der Waals surface area contributed by atoms with Crippen molar-refractivity contribution in [2.45, 2.75) is 64.5 Å². The van der Waals surface area contributed by atoms with Crippen molar-refractivity contribution in [1.82, 2.24) is 4.90 Å². The summed E-state index contributed by atoms with van der Waals surface area (Å²) in [5, 5.41) is 10.4. The fourth-order valence-corrected chi connectivity index (χ4v) is 4.07. The first-order valence-corrected chi connectivity index (χ1v) is 13.2. The molecule has 0 saturated heterocycles. The second-order valence-corrected chi connectivity index (χ2v) is 13.9. The molecule has 0 aliphatic carbocycles. The third kappa shape index (κ3) is 6.85. The van der Waals surface area contributed by atoms with Crippen molar-refractivity contribution in [2.75, 3.05) is 13.2 Å². The number of aliphatic hydroxyl groups excluding tert-OH is 1. The molecule has 0 aromatic heterocycles. The van der Waals surface area contributed by atoms with E-state index < -0.39 is 8.32 Å². The minimum atomic E-state index is -1.77. The fraction of sp³-hybridized carbons (Fsp3) is 0.500. The van der Waals surface area contributed by atoms with E-state index in [0.717, 1.165) is 19.5 Å². The van der Waals surface area contributed by atoms with Crippen LogP contribution < -0.4 is 0 Å². The van der Waals surface area contributed by atoms with E-state index in [0.29, 0.717) is 6.61 Å². The van der Waals surface area contributed by atoms with Crippen LogP contribution in [0.25, 0.3) is 0 Å². The predicted octanol–water partition coefficient (Wildman–Crippen LogP) is 5.46. The minimum absolute atomic E-state index is 0.0742. The van der Waals surface area contributed by atoms with Gasteiger partial charge in [0.1, 0.15) is 0 Å². The van der Waals surface area contributed by atoms with Crippen LogP contribution in [0.2, 0.25) is 18.1 Å². The monoisotopic (exact) mass is 399 g/mol. The Morgan fingerprint density at radius 2 is 1.36 bits per heavy atom. The summed E-state index contributed by atoms with van der Waals surface area (Å²) in [6.45, 7) is 13.8. The molecular formula is C24H37NO2Si. The third-order valence-electron chi connectivity index (χ3n) is 5.90. The third-order valence-corrected chi connectivity index (χ3v) is 10.4. The van der Waals surface area contributed by atoms with Crippen LogP contribution in [0.4, 0.5) is 0 Å². The van der Waals surface area contributed by atoms with Crippen molar-refractivity contribution in [2.24, 2.45) is 0 Å². The summed E-state index contributed by atoms with van der Waals surface area (Å²) in [5.41, 5.74) is 2.53. The molecule has 0 aliphatic rings. The van der Waals surface area contributed by atoms with E-state index in [4.69, 9.17) is 4.43 Å². The summed E-state index contributed by atoms with van der Waals surface area (Å²) >= 11 is 0. The van der Waals surface area contributed by atoms with E-state index in [1.807, 2.05) is 12.1 Å². The molecule has 0 saturated carbocycles. The van der Waals surface area contributed by atoms with Gasteiger partial charge >= 0.3 is 0 Å². The Kier molecular flexibility index (Phi) is 8.44. The van der Waals surface area contributed by atoms with Gasteiger partial charge in [-0.15, -0.1) is 0 Å². The van der Waals surface area contributed by atoms with Crippen LogP contribution in [-0.4, -0.2) is 37.6 Å². The molecule has 0 spiro atoms. The number of hydrogen-bond donors (Lipinski definition) is 1. The zero-order valence-corrected chi connectivity index (χ0v) is 19.2. The lowest BCUT2D eigenvalue weighted by atomic mass is 10.1. The van der Waals surface area contributed by atoms with Crippen molar-refractivity contribution in [3.05, 3.63) is 71.8 Å². The van der Waals surface area contributed by atoms with Gasteiger partial charge in [0.05, 0.1) is 6.61 Å². The molecule has 2 aromatic rings. The molecule has 0 amide bonds. The lowest BCUT2D eigenvalue weighted by Crippen LogP contribution is -2.43. The number of benzene rings is 2. The molecule has 0 radical (unpaired) electrons. The number of hydrogen-bond acceptors (Lipinski definition) is 3. The molecule has 1 atom stereocenters. The van der Waals surface area contributed by atoms with Crippen LogP contribution in [0, 0.1) is 0 Å². The molecule has 0 unspecified atom stereocenters. The molecule has 2 rings (SSSR count). The molecular weight excluding hydrogens is 362 g/mol. The van der Waals surface area contributed by atoms with Crippen molar-refractivity contribution in [1.29, 1.82) is 0 Å². The molecule has 0 heterocycles. The average Bonchev–Trinajstić information content (AvgIpc) is 2.65. The normalized spacial score (nSPS) is 13.7. The Hall–Kier alpha value is -1.46. The zero-order valence-electron chi connectivity index (χ0n) is 18.2. The quantitative estimate of drug-likeness (QED) is 0.538. The maximum atomic E-state index is 10.2. The fourth-order valence-electron chi connectivity index (χ4n) is 3.01. The van der Waals surface area contributed by atoms with E-state index in [-0.39, 0.29) is 17.7 Å². The van der Waals surface area contributed by atoms with Gasteiger partial charge in [-0.2, -0.15) is 0 Å². The van der Waals surface area contributed by atoms with Crippen molar-refractivity contribution in [3.8, 4) is 0 Å². The minimum Gasteiger partial charge on any atom is -0.417 e. The summed E-state index contributed by atoms with van der Waals surface area (Å²) < 4.78 is 6.38. The van der Waals surface area contributed by atoms with Crippen LogP contribution in [0.3, 0.4) is 0 Å². The van der Waals surface area contributed by atoms with Gasteiger partial charge in [0.15, 0.2) is 8.32 Å². The van der Waals surface area contributed by atoms with Gasteiger partial charge in [-0.1, -0.05) is 81.4 Å². The predicted molar refractivity (Wildman–Crippen MR) is 121 cm³/mol. The number of aliphatic hydroxyl groups is 1. The van der Waals surface area contributed by atoms with E-state index in [9.17, 15) is 5.11 Å². The lowest BCUT2D eigenvalue weighted by Gasteiger charge is -2.37. The standard InChI is InChI=1S/C24H37NO2Si/c1-24(2,3)28(4,5)27-17-16-23(20-26)25(18-21-12-8-6-9-13-21)19-22-14-10-7-11-15-22/h6-15,23,26H,16-20H2,1-5H3/t23-/m0/s1. The summed E-state index contributed by atoms with van der Waals surface area (Å²) in [6, 6.07) is 21.1. The second-order valence-electron chi connectivity index (χ2n) is 9.11. The topological polar surface area (TPSA) is 32.7 Å². The Morgan fingerprint density at radius 1 is 0.893 bits per heavy atom. The first-order valence-electron chi connectivity index (χ1n) is 10.3. The lowest BCUT2D eigenvalue weighted by molar-refractivity contribution is 0.0890. The Morgan fingerprint density at radius 3 is 1.75 bits per heavy atom. The molecule has 1 N–H and O–H groups in total. The maximum absolute atomic E-state index is 10.2. The van der Waals surface area contributed by atoms with Gasteiger partial charge in [-0.3, -0.25) is 4.90 Å². The van der Waals surface area contributed by atoms with Crippen LogP contribution in [0.15, 0.2) is 60.7 Å². The molecule has 2 aromatic carbocycles. The summed E-state index contributed by atoms with van der Waals surface area (Å²) in [5.74, 6) is 0. The van der Waals surface area contributed by atoms with Crippen molar-refractivity contribution in [3.63, 3.8) is 0 Å². The van der Waals surface area contributed by atoms with Gasteiger partial charge in [0, 0.05) is 25.7 Å². The Balaban J connectivity index is 2.07. The van der Waals surface area contributed by atoms with Gasteiger partial charge in [0.2, 0.25) is 0 Å². The second kappa shape index (κ2) is 10.4. The van der Waals surface area contributed by atoms with Gasteiger partial charge < -0.3 is 9.53 Å². The molecule has 0 bridgehead atoms. The molecule has 0 fully saturated rings. The van der Waals surface area contributed by atoms with Gasteiger partial charge in [0.25, 0.3) is 0 Å². The molecule has 4 heteroatoms. The first-order chi connectivity index (χ1) is 13.2. The molecule has 28 heavy (non-hydrogen) atoms. The molecule has 3 nitrogen and oxygen atoms in total. The molecule has 154 valence electrons. The maximum Gasteiger partial charge on any atom is 0.191 e. The Labute approximate surface area is 172 Å². The summed E-state index contributed by atoms with van der Waals surface area (Å²) in [7, 11) is -1.77. The van der Waals surface area contributed by atoms with E-state index in [1.165, 1.54) is 11.1 Å². The first kappa shape index (κ1) is 22.8. The highest BCUT2D eigenvalue weighted by Crippen LogP contribution is 2.36. The summed E-state index contributed by atoms with van der Waals surface area (Å²) in [6.07, 6.45) is 0.836. The van der Waals surface area contributed by atoms with Gasteiger partial charge in [-0.05, 0) is 35.7 Å². The highest BCUT2D eigenvalue weighted by atomic mass is 28.4. The van der Waals surface area contributed by atoms with Crippen LogP contribution >= 0.6 is 0 Å². The smallest absolute Gasteiger partial charge is 0.191 e. The van der Waals surface area contributed by atoms with Crippen molar-refractivity contribution >= 4 is 8.32 Å². The van der Waals surface area contributed by atoms with Crippen LogP contribution in [0.5, 0.6) is 0 Å². The van der Waals surface area contributed by atoms with Crippen LogP contribution in [-0.2, 0) is 17.5 Å². The average molecular weight is 400 g/mol. The Bertz CT molecular complexity index is 641. The highest BCUT2D eigenvalue weighted by Gasteiger charge is 2.37. The SMILES string of the molecule is CC(C)(C)[Si](C)(C)OCC[C@@H](CO)N(Cc1ccccc1)Cc1ccccc1.